The number of amides is 1. The van der Waals surface area contributed by atoms with E-state index >= 15 is 0 Å². The van der Waals surface area contributed by atoms with Crippen LogP contribution in [0.25, 0.3) is 0 Å². The monoisotopic (exact) mass is 475 g/mol. The quantitative estimate of drug-likeness (QED) is 0.696. The van der Waals surface area contributed by atoms with E-state index in [1.165, 1.54) is 6.20 Å². The molecule has 1 saturated heterocycles. The first kappa shape index (κ1) is 23.7. The van der Waals surface area contributed by atoms with Crippen molar-refractivity contribution in [1.29, 1.82) is 5.26 Å². The summed E-state index contributed by atoms with van der Waals surface area (Å²) in [6.07, 6.45) is -2.63. The molecular formula is C22H24F3N7O2. The van der Waals surface area contributed by atoms with Gasteiger partial charge >= 0.3 is 6.18 Å². The third kappa shape index (κ3) is 4.89. The molecule has 1 aliphatic heterocycles. The van der Waals surface area contributed by atoms with E-state index in [2.05, 4.69) is 15.0 Å². The zero-order valence-electron chi connectivity index (χ0n) is 18.6. The van der Waals surface area contributed by atoms with E-state index in [1.54, 1.807) is 29.0 Å². The fourth-order valence-electron chi connectivity index (χ4n) is 4.62. The van der Waals surface area contributed by atoms with Crippen LogP contribution >= 0.6 is 0 Å². The van der Waals surface area contributed by atoms with Crippen molar-refractivity contribution in [2.75, 3.05) is 51.2 Å². The highest BCUT2D eigenvalue weighted by Gasteiger charge is 2.41. The average molecular weight is 475 g/mol. The molecule has 180 valence electrons. The maximum Gasteiger partial charge on any atom is 0.422 e. The number of nitrogens with zero attached hydrogens (tertiary/aromatic N) is 6. The summed E-state index contributed by atoms with van der Waals surface area (Å²) >= 11 is 0. The average Bonchev–Trinajstić information content (AvgIpc) is 3.20. The number of hydrogen-bond acceptors (Lipinski definition) is 7. The Bertz CT molecular complexity index is 1150. The Labute approximate surface area is 193 Å². The molecule has 1 amide bonds. The summed E-state index contributed by atoms with van der Waals surface area (Å²) in [6, 6.07) is 5.53. The lowest BCUT2D eigenvalue weighted by molar-refractivity contribution is -0.139. The molecule has 0 bridgehead atoms. The molecule has 2 aliphatic rings. The minimum Gasteiger partial charge on any atom is -0.353 e. The maximum atomic E-state index is 13.3. The number of alkyl halides is 3. The second-order valence-electron chi connectivity index (χ2n) is 8.61. The zero-order valence-corrected chi connectivity index (χ0v) is 18.6. The second-order valence-corrected chi connectivity index (χ2v) is 8.61. The normalized spacial score (nSPS) is 18.2. The van der Waals surface area contributed by atoms with Crippen LogP contribution in [0.15, 0.2) is 23.1 Å². The van der Waals surface area contributed by atoms with Crippen molar-refractivity contribution >= 4 is 11.7 Å². The van der Waals surface area contributed by atoms with E-state index in [9.17, 15) is 22.8 Å². The number of aromatic nitrogens is 3. The Balaban J connectivity index is 1.32. The molecule has 1 unspecified atom stereocenters. The lowest BCUT2D eigenvalue weighted by atomic mass is 10.1. The summed E-state index contributed by atoms with van der Waals surface area (Å²) in [6.45, 7) is 2.78. The molecule has 1 N–H and O–H groups in total. The van der Waals surface area contributed by atoms with Crippen LogP contribution in [0.3, 0.4) is 0 Å². The summed E-state index contributed by atoms with van der Waals surface area (Å²) in [4.78, 5) is 34.4. The number of rotatable bonds is 5. The molecule has 0 spiro atoms. The summed E-state index contributed by atoms with van der Waals surface area (Å²) in [5, 5.41) is 14.8. The molecule has 2 aromatic heterocycles. The number of fused-ring (bicyclic) bond motifs is 1. The van der Waals surface area contributed by atoms with Crippen LogP contribution in [-0.2, 0) is 17.4 Å². The summed E-state index contributed by atoms with van der Waals surface area (Å²) < 4.78 is 39.9. The highest BCUT2D eigenvalue weighted by Crippen LogP contribution is 2.38. The third-order valence-corrected chi connectivity index (χ3v) is 6.30. The Kier molecular flexibility index (Phi) is 6.56. The molecule has 12 heteroatoms. The van der Waals surface area contributed by atoms with Crippen LogP contribution in [0.4, 0.5) is 19.0 Å². The molecular weight excluding hydrogens is 451 g/mol. The molecule has 1 atom stereocenters. The highest BCUT2D eigenvalue weighted by atomic mass is 19.4. The van der Waals surface area contributed by atoms with Crippen molar-refractivity contribution in [3.05, 3.63) is 51.1 Å². The van der Waals surface area contributed by atoms with E-state index in [0.29, 0.717) is 44.7 Å². The second kappa shape index (κ2) is 9.42. The zero-order chi connectivity index (χ0) is 24.5. The van der Waals surface area contributed by atoms with Gasteiger partial charge in [-0.2, -0.15) is 23.5 Å². The molecule has 0 radical (unpaired) electrons. The lowest BCUT2D eigenvalue weighted by Gasteiger charge is -2.36. The van der Waals surface area contributed by atoms with Gasteiger partial charge in [0.25, 0.3) is 5.56 Å². The first-order chi connectivity index (χ1) is 16.2. The molecule has 1 aliphatic carbocycles. The number of anilines is 1. The smallest absolute Gasteiger partial charge is 0.353 e. The van der Waals surface area contributed by atoms with E-state index in [0.717, 1.165) is 5.82 Å². The number of carbonyl (C=O) groups is 1. The predicted octanol–water partition coefficient (Wildman–Crippen LogP) is 1.37. The minimum atomic E-state index is -4.73. The van der Waals surface area contributed by atoms with E-state index < -0.39 is 17.3 Å². The number of carbonyl (C=O) groups excluding carboxylic acids is 1. The summed E-state index contributed by atoms with van der Waals surface area (Å²) in [7, 11) is 1.75. The number of H-pyrrole nitrogens is 1. The van der Waals surface area contributed by atoms with Crippen LogP contribution in [0.5, 0.6) is 0 Å². The van der Waals surface area contributed by atoms with Gasteiger partial charge in [0.2, 0.25) is 5.91 Å². The van der Waals surface area contributed by atoms with Crippen molar-refractivity contribution in [2.45, 2.75) is 24.9 Å². The van der Waals surface area contributed by atoms with Crippen LogP contribution in [0.2, 0.25) is 0 Å². The topological polar surface area (TPSA) is 109 Å². The van der Waals surface area contributed by atoms with E-state index in [1.807, 2.05) is 11.2 Å². The van der Waals surface area contributed by atoms with Crippen LogP contribution in [0.1, 0.15) is 34.7 Å². The Morgan fingerprint density at radius 3 is 2.65 bits per heavy atom. The van der Waals surface area contributed by atoms with Gasteiger partial charge in [0, 0.05) is 44.8 Å². The number of piperazine rings is 1. The van der Waals surface area contributed by atoms with Crippen molar-refractivity contribution in [3.8, 4) is 6.07 Å². The first-order valence-electron chi connectivity index (χ1n) is 10.9. The maximum absolute atomic E-state index is 13.3. The Morgan fingerprint density at radius 1 is 1.29 bits per heavy atom. The highest BCUT2D eigenvalue weighted by molar-refractivity contribution is 5.78. The van der Waals surface area contributed by atoms with Crippen LogP contribution < -0.4 is 10.5 Å². The molecule has 0 aromatic carbocycles. The molecule has 1 fully saturated rings. The number of halogens is 3. The number of nitrogens with one attached hydrogen (secondary N) is 1. The van der Waals surface area contributed by atoms with Crippen molar-refractivity contribution in [3.63, 3.8) is 0 Å². The minimum absolute atomic E-state index is 0.0338. The van der Waals surface area contributed by atoms with Gasteiger partial charge in [-0.1, -0.05) is 0 Å². The van der Waals surface area contributed by atoms with Crippen LogP contribution in [-0.4, -0.2) is 77.2 Å². The summed E-state index contributed by atoms with van der Waals surface area (Å²) in [5.74, 6) is 0.413. The number of aromatic amines is 1. The largest absolute Gasteiger partial charge is 0.422 e. The summed E-state index contributed by atoms with van der Waals surface area (Å²) in [5.41, 5.74) is -1.66. The molecule has 2 aromatic rings. The lowest BCUT2D eigenvalue weighted by Crippen LogP contribution is -2.51. The van der Waals surface area contributed by atoms with Gasteiger partial charge in [-0.25, -0.2) is 10.1 Å². The van der Waals surface area contributed by atoms with E-state index in [-0.39, 0.29) is 36.0 Å². The van der Waals surface area contributed by atoms with Gasteiger partial charge in [0.1, 0.15) is 17.5 Å². The standard InChI is InChI=1S/C22H24F3N7O2/c1-30(12-15-3-4-16-19(22(23,24)25)21(34)29-28-20(15)16)13-18(33)32-8-6-31(7-9-32)17-5-2-14(10-26)11-27-17/h2,5,11,15H,3-4,6-9,12-13H2,1H3,(H,29,34). The Hall–Kier alpha value is -3.46. The van der Waals surface area contributed by atoms with Crippen LogP contribution in [0, 0.1) is 11.3 Å². The van der Waals surface area contributed by atoms with Gasteiger partial charge in [-0.3, -0.25) is 14.5 Å². The van der Waals surface area contributed by atoms with Gasteiger partial charge in [-0.05, 0) is 37.6 Å². The molecule has 4 rings (SSSR count). The first-order valence-corrected chi connectivity index (χ1v) is 10.9. The number of hydrogen-bond donors (Lipinski definition) is 1. The van der Waals surface area contributed by atoms with Crippen molar-refractivity contribution in [2.24, 2.45) is 0 Å². The fourth-order valence-corrected chi connectivity index (χ4v) is 4.62. The predicted molar refractivity (Wildman–Crippen MR) is 116 cm³/mol. The number of pyridine rings is 1. The number of nitriles is 1. The van der Waals surface area contributed by atoms with Gasteiger partial charge in [0.05, 0.1) is 17.8 Å². The Morgan fingerprint density at radius 2 is 2.03 bits per heavy atom. The fraction of sp³-hybridized carbons (Fsp3) is 0.500. The van der Waals surface area contributed by atoms with Crippen molar-refractivity contribution < 1.29 is 18.0 Å². The molecule has 9 nitrogen and oxygen atoms in total. The van der Waals surface area contributed by atoms with Gasteiger partial charge in [-0.15, -0.1) is 0 Å². The molecule has 3 heterocycles. The number of likely N-dealkylation sites (N-methyl/N-ethyl adjacent to an activating group) is 1. The third-order valence-electron chi connectivity index (χ3n) is 6.30. The molecule has 0 saturated carbocycles. The SMILES string of the molecule is CN(CC(=O)N1CCN(c2ccc(C#N)cn2)CC1)CC1CCc2c1n[nH]c(=O)c2C(F)(F)F. The van der Waals surface area contributed by atoms with E-state index in [4.69, 9.17) is 5.26 Å². The molecule has 34 heavy (non-hydrogen) atoms. The van der Waals surface area contributed by atoms with Crippen molar-refractivity contribution in [1.82, 2.24) is 25.0 Å². The van der Waals surface area contributed by atoms with Gasteiger partial charge < -0.3 is 9.80 Å². The van der Waals surface area contributed by atoms with Gasteiger partial charge in [0.15, 0.2) is 0 Å².